The van der Waals surface area contributed by atoms with Gasteiger partial charge in [-0.25, -0.2) is 0 Å². The van der Waals surface area contributed by atoms with E-state index in [2.05, 4.69) is 10.3 Å². The van der Waals surface area contributed by atoms with E-state index in [4.69, 9.17) is 16.3 Å². The molecule has 5 heteroatoms. The Morgan fingerprint density at radius 3 is 2.77 bits per heavy atom. The average molecular weight is 317 g/mol. The van der Waals surface area contributed by atoms with Crippen molar-refractivity contribution >= 4 is 17.4 Å². The van der Waals surface area contributed by atoms with Gasteiger partial charge in [0.2, 0.25) is 0 Å². The lowest BCUT2D eigenvalue weighted by Gasteiger charge is -2.17. The monoisotopic (exact) mass is 316 g/mol. The molecule has 1 heterocycles. The maximum atomic E-state index is 10.6. The molecule has 0 spiro atoms. The van der Waals surface area contributed by atoms with Crippen molar-refractivity contribution in [2.75, 3.05) is 19.7 Å². The number of aliphatic hydroxyl groups is 1. The average Bonchev–Trinajstić information content (AvgIpc) is 3.07. The van der Waals surface area contributed by atoms with Crippen molar-refractivity contribution in [3.8, 4) is 5.75 Å². The fraction of sp³-hybridized carbons (Fsp3) is 0.235. The number of benzene rings is 2. The van der Waals surface area contributed by atoms with Crippen molar-refractivity contribution in [1.82, 2.24) is 5.32 Å². The Hall–Kier alpha value is -2.04. The molecule has 2 aromatic carbocycles. The topological polar surface area (TPSA) is 53.9 Å². The summed E-state index contributed by atoms with van der Waals surface area (Å²) in [5, 5.41) is 14.3. The third-order valence-corrected chi connectivity index (χ3v) is 3.72. The molecular weight excluding hydrogens is 300 g/mol. The third-order valence-electron chi connectivity index (χ3n) is 3.49. The van der Waals surface area contributed by atoms with Gasteiger partial charge in [0.1, 0.15) is 24.3 Å². The van der Waals surface area contributed by atoms with Crippen molar-refractivity contribution in [2.45, 2.75) is 6.10 Å². The number of nitrogens with zero attached hydrogens (tertiary/aromatic N) is 1. The Morgan fingerprint density at radius 1 is 1.23 bits per heavy atom. The molecule has 0 unspecified atom stereocenters. The molecule has 3 rings (SSSR count). The van der Waals surface area contributed by atoms with E-state index in [1.165, 1.54) is 0 Å². The molecule has 1 aliphatic rings. The van der Waals surface area contributed by atoms with Gasteiger partial charge in [0.25, 0.3) is 0 Å². The zero-order valence-electron chi connectivity index (χ0n) is 12.0. The second-order valence-corrected chi connectivity index (χ2v) is 5.48. The minimum Gasteiger partial charge on any atom is -0.485 e. The number of rotatable bonds is 5. The van der Waals surface area contributed by atoms with Crippen LogP contribution in [0.3, 0.4) is 0 Å². The summed E-state index contributed by atoms with van der Waals surface area (Å²) in [5.41, 5.74) is 1.45. The van der Waals surface area contributed by atoms with Crippen LogP contribution in [0.2, 0.25) is 5.02 Å². The molecule has 0 aliphatic carbocycles. The smallest absolute Gasteiger partial charge is 0.145 e. The van der Waals surface area contributed by atoms with Crippen LogP contribution in [0, 0.1) is 0 Å². The normalized spacial score (nSPS) is 15.1. The van der Waals surface area contributed by atoms with E-state index >= 15 is 0 Å². The molecule has 2 aromatic rings. The van der Waals surface area contributed by atoms with E-state index < -0.39 is 6.10 Å². The first-order chi connectivity index (χ1) is 10.7. The minimum atomic E-state index is -0.784. The van der Waals surface area contributed by atoms with Gasteiger partial charge >= 0.3 is 0 Å². The molecule has 0 radical (unpaired) electrons. The standard InChI is InChI=1S/C17H17ClN2O2/c18-13-6-7-15(22-11-16-19-8-9-20-16)14(10-13)17(21)12-4-2-1-3-5-12/h1-7,10,17,21H,8-9,11H2,(H,19,20)/t17-/m1/s1. The van der Waals surface area contributed by atoms with E-state index in [0.29, 0.717) is 22.9 Å². The van der Waals surface area contributed by atoms with Gasteiger partial charge in [0.05, 0.1) is 6.54 Å². The maximum absolute atomic E-state index is 10.6. The lowest BCUT2D eigenvalue weighted by Crippen LogP contribution is -2.25. The number of aliphatic hydroxyl groups excluding tert-OH is 1. The van der Waals surface area contributed by atoms with Gasteiger partial charge in [-0.05, 0) is 23.8 Å². The lowest BCUT2D eigenvalue weighted by molar-refractivity contribution is 0.213. The van der Waals surface area contributed by atoms with Gasteiger partial charge in [0.15, 0.2) is 0 Å². The highest BCUT2D eigenvalue weighted by Gasteiger charge is 2.17. The van der Waals surface area contributed by atoms with E-state index in [0.717, 1.165) is 24.5 Å². The van der Waals surface area contributed by atoms with E-state index in [-0.39, 0.29) is 0 Å². The molecule has 0 amide bonds. The molecule has 1 aliphatic heterocycles. The summed E-state index contributed by atoms with van der Waals surface area (Å²) >= 11 is 6.07. The summed E-state index contributed by atoms with van der Waals surface area (Å²) in [7, 11) is 0. The summed E-state index contributed by atoms with van der Waals surface area (Å²) in [5.74, 6) is 1.44. The highest BCUT2D eigenvalue weighted by Crippen LogP contribution is 2.32. The van der Waals surface area contributed by atoms with Crippen molar-refractivity contribution in [2.24, 2.45) is 4.99 Å². The Morgan fingerprint density at radius 2 is 2.05 bits per heavy atom. The van der Waals surface area contributed by atoms with E-state index in [1.807, 2.05) is 30.3 Å². The molecule has 4 nitrogen and oxygen atoms in total. The molecule has 0 saturated carbocycles. The molecule has 0 aromatic heterocycles. The van der Waals surface area contributed by atoms with E-state index in [1.54, 1.807) is 18.2 Å². The summed E-state index contributed by atoms with van der Waals surface area (Å²) in [6.07, 6.45) is -0.784. The van der Waals surface area contributed by atoms with Crippen molar-refractivity contribution in [3.63, 3.8) is 0 Å². The SMILES string of the molecule is O[C@H](c1ccccc1)c1cc(Cl)ccc1OCC1=NCCN1. The summed E-state index contributed by atoms with van der Waals surface area (Å²) in [6.45, 7) is 1.98. The molecule has 114 valence electrons. The predicted octanol–water partition coefficient (Wildman–Crippen LogP) is 2.80. The number of hydrogen-bond donors (Lipinski definition) is 2. The zero-order chi connectivity index (χ0) is 15.4. The summed E-state index contributed by atoms with van der Waals surface area (Å²) < 4.78 is 5.81. The van der Waals surface area contributed by atoms with Crippen molar-refractivity contribution in [3.05, 3.63) is 64.7 Å². The van der Waals surface area contributed by atoms with Gasteiger partial charge in [-0.3, -0.25) is 4.99 Å². The predicted molar refractivity (Wildman–Crippen MR) is 87.8 cm³/mol. The number of hydrogen-bond acceptors (Lipinski definition) is 4. The molecule has 0 bridgehead atoms. The quantitative estimate of drug-likeness (QED) is 0.892. The fourth-order valence-corrected chi connectivity index (χ4v) is 2.55. The van der Waals surface area contributed by atoms with Crippen LogP contribution in [0.15, 0.2) is 53.5 Å². The molecule has 0 fully saturated rings. The van der Waals surface area contributed by atoms with Gasteiger partial charge in [0, 0.05) is 17.1 Å². The highest BCUT2D eigenvalue weighted by molar-refractivity contribution is 6.30. The minimum absolute atomic E-state index is 0.357. The van der Waals surface area contributed by atoms with Gasteiger partial charge < -0.3 is 15.2 Å². The van der Waals surface area contributed by atoms with Crippen LogP contribution in [-0.2, 0) is 0 Å². The number of nitrogens with one attached hydrogen (secondary N) is 1. The van der Waals surface area contributed by atoms with Crippen LogP contribution >= 0.6 is 11.6 Å². The second-order valence-electron chi connectivity index (χ2n) is 5.04. The van der Waals surface area contributed by atoms with Crippen LogP contribution in [0.5, 0.6) is 5.75 Å². The second kappa shape index (κ2) is 6.81. The van der Waals surface area contributed by atoms with Gasteiger partial charge in [-0.2, -0.15) is 0 Å². The van der Waals surface area contributed by atoms with Gasteiger partial charge in [-0.15, -0.1) is 0 Å². The van der Waals surface area contributed by atoms with Crippen LogP contribution in [-0.4, -0.2) is 30.6 Å². The number of halogens is 1. The highest BCUT2D eigenvalue weighted by atomic mass is 35.5. The van der Waals surface area contributed by atoms with Crippen LogP contribution in [0.4, 0.5) is 0 Å². The molecule has 0 saturated heterocycles. The number of ether oxygens (including phenoxy) is 1. The fourth-order valence-electron chi connectivity index (χ4n) is 2.37. The largest absolute Gasteiger partial charge is 0.485 e. The van der Waals surface area contributed by atoms with Crippen LogP contribution in [0.25, 0.3) is 0 Å². The first-order valence-electron chi connectivity index (χ1n) is 7.16. The molecule has 22 heavy (non-hydrogen) atoms. The van der Waals surface area contributed by atoms with E-state index in [9.17, 15) is 5.11 Å². The Labute approximate surface area is 134 Å². The van der Waals surface area contributed by atoms with Crippen molar-refractivity contribution < 1.29 is 9.84 Å². The van der Waals surface area contributed by atoms with Gasteiger partial charge in [-0.1, -0.05) is 41.9 Å². The number of aliphatic imine (C=N–C) groups is 1. The van der Waals surface area contributed by atoms with Crippen LogP contribution in [0.1, 0.15) is 17.2 Å². The summed E-state index contributed by atoms with van der Waals surface area (Å²) in [6, 6.07) is 14.7. The van der Waals surface area contributed by atoms with Crippen molar-refractivity contribution in [1.29, 1.82) is 0 Å². The Kier molecular flexibility index (Phi) is 4.61. The first-order valence-corrected chi connectivity index (χ1v) is 7.54. The Balaban J connectivity index is 1.84. The number of amidine groups is 1. The maximum Gasteiger partial charge on any atom is 0.145 e. The Bertz CT molecular complexity index is 674. The molecular formula is C17H17ClN2O2. The summed E-state index contributed by atoms with van der Waals surface area (Å²) in [4.78, 5) is 4.29. The van der Waals surface area contributed by atoms with Crippen LogP contribution < -0.4 is 10.1 Å². The lowest BCUT2D eigenvalue weighted by atomic mass is 10.0. The first kappa shape index (κ1) is 14.9. The third kappa shape index (κ3) is 3.40. The molecule has 2 N–H and O–H groups in total. The zero-order valence-corrected chi connectivity index (χ0v) is 12.8. The molecule has 1 atom stereocenters.